The molecule has 0 spiro atoms. The third-order valence-electron chi connectivity index (χ3n) is 2.41. The number of nitrogens with one attached hydrogen (secondary N) is 1. The van der Waals surface area contributed by atoms with Crippen LogP contribution in [0.4, 0.5) is 0 Å². The normalized spacial score (nSPS) is 12.7. The van der Waals surface area contributed by atoms with E-state index in [2.05, 4.69) is 15.2 Å². The van der Waals surface area contributed by atoms with E-state index in [4.69, 9.17) is 10.8 Å². The number of benzene rings is 1. The number of hydrogen-bond acceptors (Lipinski definition) is 4. The number of aliphatic hydroxyl groups is 1. The van der Waals surface area contributed by atoms with E-state index in [0.29, 0.717) is 11.6 Å². The average Bonchev–Trinajstić information content (AvgIpc) is 2.77. The number of aliphatic hydroxyl groups excluding tert-OH is 1. The maximum atomic E-state index is 8.87. The zero-order valence-electron chi connectivity index (χ0n) is 9.01. The highest BCUT2D eigenvalue weighted by Crippen LogP contribution is 2.16. The number of nitrogens with two attached hydrogens (primary N) is 1. The first-order valence-electron chi connectivity index (χ1n) is 5.05. The summed E-state index contributed by atoms with van der Waals surface area (Å²) in [6.07, 6.45) is 0. The lowest BCUT2D eigenvalue weighted by atomic mass is 10.1. The maximum Gasteiger partial charge on any atom is 0.171 e. The fourth-order valence-corrected chi connectivity index (χ4v) is 1.44. The van der Waals surface area contributed by atoms with Gasteiger partial charge in [-0.3, -0.25) is 5.10 Å². The molecule has 0 fully saturated rings. The van der Waals surface area contributed by atoms with E-state index in [9.17, 15) is 0 Å². The number of aryl methyl sites for hydroxylation is 1. The predicted molar refractivity (Wildman–Crippen MR) is 59.5 cm³/mol. The Labute approximate surface area is 93.3 Å². The lowest BCUT2D eigenvalue weighted by molar-refractivity contribution is 0.271. The number of aromatic amines is 1. The number of hydrogen-bond donors (Lipinski definition) is 3. The van der Waals surface area contributed by atoms with E-state index < -0.39 is 0 Å². The summed E-state index contributed by atoms with van der Waals surface area (Å²) < 4.78 is 0. The van der Waals surface area contributed by atoms with Gasteiger partial charge in [-0.25, -0.2) is 4.98 Å². The molecule has 0 saturated carbocycles. The molecule has 1 aromatic carbocycles. The van der Waals surface area contributed by atoms with Gasteiger partial charge in [0, 0.05) is 0 Å². The van der Waals surface area contributed by atoms with Gasteiger partial charge in [-0.2, -0.15) is 5.10 Å². The zero-order valence-corrected chi connectivity index (χ0v) is 9.01. The fourth-order valence-electron chi connectivity index (χ4n) is 1.44. The Hall–Kier alpha value is -1.72. The summed E-state index contributed by atoms with van der Waals surface area (Å²) in [6, 6.07) is 7.53. The molecule has 2 aromatic rings. The molecule has 0 aliphatic rings. The van der Waals surface area contributed by atoms with Crippen LogP contribution in [0.3, 0.4) is 0 Å². The molecule has 1 atom stereocenters. The van der Waals surface area contributed by atoms with E-state index in [0.717, 1.165) is 5.56 Å². The second-order valence-corrected chi connectivity index (χ2v) is 3.69. The molecule has 1 unspecified atom stereocenters. The summed E-state index contributed by atoms with van der Waals surface area (Å²) in [5, 5.41) is 15.5. The van der Waals surface area contributed by atoms with Crippen molar-refractivity contribution < 1.29 is 5.11 Å². The number of nitrogens with zero attached hydrogens (tertiary/aromatic N) is 2. The third-order valence-corrected chi connectivity index (χ3v) is 2.41. The summed E-state index contributed by atoms with van der Waals surface area (Å²) in [6.45, 7) is 1.86. The minimum Gasteiger partial charge on any atom is -0.388 e. The van der Waals surface area contributed by atoms with E-state index in [1.54, 1.807) is 0 Å². The minimum absolute atomic E-state index is 0.159. The van der Waals surface area contributed by atoms with Crippen LogP contribution in [0, 0.1) is 6.92 Å². The first-order chi connectivity index (χ1) is 7.70. The molecular formula is C11H14N4O. The summed E-state index contributed by atoms with van der Waals surface area (Å²) in [5.74, 6) is 0.922. The van der Waals surface area contributed by atoms with Crippen LogP contribution >= 0.6 is 0 Å². The largest absolute Gasteiger partial charge is 0.388 e. The Balaban J connectivity index is 2.24. The Bertz CT molecular complexity index is 463. The van der Waals surface area contributed by atoms with Crippen molar-refractivity contribution in [2.75, 3.05) is 0 Å². The van der Waals surface area contributed by atoms with Gasteiger partial charge in [0.2, 0.25) is 0 Å². The molecule has 5 heteroatoms. The van der Waals surface area contributed by atoms with Crippen molar-refractivity contribution in [3.8, 4) is 0 Å². The summed E-state index contributed by atoms with van der Waals surface area (Å²) >= 11 is 0. The Morgan fingerprint density at radius 1 is 1.38 bits per heavy atom. The molecule has 84 valence electrons. The topological polar surface area (TPSA) is 87.8 Å². The Kier molecular flexibility index (Phi) is 2.98. The standard InChI is InChI=1S/C11H14N4O/c1-7-2-4-8(5-3-7)10(12)11-13-9(6-16)14-15-11/h2-5,10,16H,6,12H2,1H3,(H,13,14,15). The Morgan fingerprint density at radius 2 is 2.06 bits per heavy atom. The molecule has 0 amide bonds. The molecule has 5 nitrogen and oxygen atoms in total. The second-order valence-electron chi connectivity index (χ2n) is 3.69. The number of aromatic nitrogens is 3. The first-order valence-corrected chi connectivity index (χ1v) is 5.05. The van der Waals surface area contributed by atoms with Crippen LogP contribution in [-0.4, -0.2) is 20.3 Å². The van der Waals surface area contributed by atoms with E-state index in [1.165, 1.54) is 5.56 Å². The summed E-state index contributed by atoms with van der Waals surface area (Å²) in [4.78, 5) is 4.09. The van der Waals surface area contributed by atoms with Gasteiger partial charge in [-0.1, -0.05) is 29.8 Å². The van der Waals surface area contributed by atoms with Crippen LogP contribution in [-0.2, 0) is 6.61 Å². The maximum absolute atomic E-state index is 8.87. The molecular weight excluding hydrogens is 204 g/mol. The zero-order chi connectivity index (χ0) is 11.5. The second kappa shape index (κ2) is 4.42. The molecule has 1 heterocycles. The Morgan fingerprint density at radius 3 is 2.62 bits per heavy atom. The molecule has 4 N–H and O–H groups in total. The smallest absolute Gasteiger partial charge is 0.171 e. The van der Waals surface area contributed by atoms with Crippen LogP contribution in [0.1, 0.15) is 28.8 Å². The molecule has 1 aromatic heterocycles. The lowest BCUT2D eigenvalue weighted by Gasteiger charge is -2.07. The fraction of sp³-hybridized carbons (Fsp3) is 0.273. The quantitative estimate of drug-likeness (QED) is 0.706. The molecule has 0 bridgehead atoms. The van der Waals surface area contributed by atoms with Gasteiger partial charge in [0.25, 0.3) is 0 Å². The van der Waals surface area contributed by atoms with Crippen molar-refractivity contribution in [1.29, 1.82) is 0 Å². The van der Waals surface area contributed by atoms with Crippen LogP contribution in [0.25, 0.3) is 0 Å². The van der Waals surface area contributed by atoms with Crippen molar-refractivity contribution in [3.05, 3.63) is 47.0 Å². The van der Waals surface area contributed by atoms with Crippen LogP contribution < -0.4 is 5.73 Å². The minimum atomic E-state index is -0.364. The molecule has 0 radical (unpaired) electrons. The highest BCUT2D eigenvalue weighted by molar-refractivity contribution is 5.27. The van der Waals surface area contributed by atoms with Gasteiger partial charge in [0.1, 0.15) is 12.4 Å². The van der Waals surface area contributed by atoms with Gasteiger partial charge in [-0.15, -0.1) is 0 Å². The summed E-state index contributed by atoms with van der Waals surface area (Å²) in [7, 11) is 0. The van der Waals surface area contributed by atoms with Crippen molar-refractivity contribution >= 4 is 0 Å². The molecule has 0 aliphatic carbocycles. The van der Waals surface area contributed by atoms with Crippen molar-refractivity contribution in [2.45, 2.75) is 19.6 Å². The van der Waals surface area contributed by atoms with Gasteiger partial charge in [0.05, 0.1) is 6.04 Å². The van der Waals surface area contributed by atoms with Gasteiger partial charge in [-0.05, 0) is 12.5 Å². The van der Waals surface area contributed by atoms with Crippen molar-refractivity contribution in [3.63, 3.8) is 0 Å². The van der Waals surface area contributed by atoms with Gasteiger partial charge in [0.15, 0.2) is 5.82 Å². The monoisotopic (exact) mass is 218 g/mol. The summed E-state index contributed by atoms with van der Waals surface area (Å²) in [5.41, 5.74) is 8.14. The predicted octanol–water partition coefficient (Wildman–Crippen LogP) is 0.654. The van der Waals surface area contributed by atoms with Crippen molar-refractivity contribution in [1.82, 2.24) is 15.2 Å². The number of rotatable bonds is 3. The van der Waals surface area contributed by atoms with E-state index in [1.807, 2.05) is 31.2 Å². The van der Waals surface area contributed by atoms with Crippen LogP contribution in [0.5, 0.6) is 0 Å². The van der Waals surface area contributed by atoms with Crippen molar-refractivity contribution in [2.24, 2.45) is 5.73 Å². The molecule has 0 saturated heterocycles. The van der Waals surface area contributed by atoms with Crippen LogP contribution in [0.2, 0.25) is 0 Å². The molecule has 0 aliphatic heterocycles. The number of H-pyrrole nitrogens is 1. The molecule has 2 rings (SSSR count). The third kappa shape index (κ3) is 2.10. The van der Waals surface area contributed by atoms with E-state index in [-0.39, 0.29) is 12.6 Å². The highest BCUT2D eigenvalue weighted by atomic mass is 16.3. The van der Waals surface area contributed by atoms with E-state index >= 15 is 0 Å². The first kappa shape index (κ1) is 10.8. The van der Waals surface area contributed by atoms with Gasteiger partial charge < -0.3 is 10.8 Å². The average molecular weight is 218 g/mol. The molecule has 16 heavy (non-hydrogen) atoms. The highest BCUT2D eigenvalue weighted by Gasteiger charge is 2.13. The van der Waals surface area contributed by atoms with Crippen LogP contribution in [0.15, 0.2) is 24.3 Å². The SMILES string of the molecule is Cc1ccc(C(N)c2n[nH]c(CO)n2)cc1. The van der Waals surface area contributed by atoms with Gasteiger partial charge >= 0.3 is 0 Å². The lowest BCUT2D eigenvalue weighted by Crippen LogP contribution is -2.13.